The zero-order chi connectivity index (χ0) is 17.1. The molecule has 25 heavy (non-hydrogen) atoms. The SMILES string of the molecule is Fc1ccccc1Oc1ccc(-c2nc(Cc3cccs3)no2)cn1. The van der Waals surface area contributed by atoms with E-state index in [2.05, 4.69) is 15.1 Å². The number of hydrogen-bond donors (Lipinski definition) is 0. The molecule has 0 bridgehead atoms. The van der Waals surface area contributed by atoms with E-state index in [0.717, 1.165) is 0 Å². The van der Waals surface area contributed by atoms with Crippen LogP contribution in [0.3, 0.4) is 0 Å². The van der Waals surface area contributed by atoms with Gasteiger partial charge >= 0.3 is 0 Å². The van der Waals surface area contributed by atoms with Crippen LogP contribution in [0, 0.1) is 5.82 Å². The fourth-order valence-corrected chi connectivity index (χ4v) is 2.92. The number of benzene rings is 1. The van der Waals surface area contributed by atoms with Crippen LogP contribution in [0.25, 0.3) is 11.5 Å². The molecule has 3 aromatic heterocycles. The topological polar surface area (TPSA) is 61.0 Å². The van der Waals surface area contributed by atoms with Crippen LogP contribution in [0.4, 0.5) is 4.39 Å². The highest BCUT2D eigenvalue weighted by Crippen LogP contribution is 2.25. The lowest BCUT2D eigenvalue weighted by molar-refractivity contribution is 0.421. The fourth-order valence-electron chi connectivity index (χ4n) is 2.22. The van der Waals surface area contributed by atoms with Gasteiger partial charge in [0.05, 0.1) is 5.56 Å². The Balaban J connectivity index is 1.49. The number of aromatic nitrogens is 3. The lowest BCUT2D eigenvalue weighted by Gasteiger charge is -2.05. The minimum atomic E-state index is -0.441. The van der Waals surface area contributed by atoms with Crippen LogP contribution < -0.4 is 4.74 Å². The fraction of sp³-hybridized carbons (Fsp3) is 0.0556. The Morgan fingerprint density at radius 2 is 2.00 bits per heavy atom. The molecular weight excluding hydrogens is 341 g/mol. The maximum atomic E-state index is 13.6. The Hall–Kier alpha value is -3.06. The van der Waals surface area contributed by atoms with E-state index in [1.807, 2.05) is 17.5 Å². The molecule has 0 radical (unpaired) electrons. The number of para-hydroxylation sites is 1. The molecule has 0 spiro atoms. The highest BCUT2D eigenvalue weighted by atomic mass is 32.1. The summed E-state index contributed by atoms with van der Waals surface area (Å²) in [7, 11) is 0. The summed E-state index contributed by atoms with van der Waals surface area (Å²) in [6.07, 6.45) is 2.18. The van der Waals surface area contributed by atoms with E-state index in [1.54, 1.807) is 47.9 Å². The van der Waals surface area contributed by atoms with Crippen LogP contribution in [0.2, 0.25) is 0 Å². The standard InChI is InChI=1S/C18H12FN3O2S/c19-14-5-1-2-6-15(14)23-17-8-7-12(11-20-17)18-21-16(22-24-18)10-13-4-3-9-25-13/h1-9,11H,10H2. The van der Waals surface area contributed by atoms with E-state index in [4.69, 9.17) is 9.26 Å². The summed E-state index contributed by atoms with van der Waals surface area (Å²) in [6.45, 7) is 0. The van der Waals surface area contributed by atoms with Crippen molar-refractivity contribution in [3.05, 3.63) is 76.6 Å². The van der Waals surface area contributed by atoms with Crippen LogP contribution in [-0.2, 0) is 6.42 Å². The second-order valence-electron chi connectivity index (χ2n) is 5.19. The molecule has 1 aromatic carbocycles. The van der Waals surface area contributed by atoms with E-state index in [0.29, 0.717) is 23.7 Å². The molecule has 0 N–H and O–H groups in total. The number of nitrogens with zero attached hydrogens (tertiary/aromatic N) is 3. The largest absolute Gasteiger partial charge is 0.436 e. The molecule has 0 unspecified atom stereocenters. The third kappa shape index (κ3) is 3.56. The monoisotopic (exact) mass is 353 g/mol. The first-order chi connectivity index (χ1) is 12.3. The zero-order valence-electron chi connectivity index (χ0n) is 12.9. The molecule has 0 atom stereocenters. The minimum Gasteiger partial charge on any atom is -0.436 e. The zero-order valence-corrected chi connectivity index (χ0v) is 13.7. The van der Waals surface area contributed by atoms with E-state index >= 15 is 0 Å². The van der Waals surface area contributed by atoms with Crippen molar-refractivity contribution in [1.82, 2.24) is 15.1 Å². The highest BCUT2D eigenvalue weighted by molar-refractivity contribution is 7.09. The van der Waals surface area contributed by atoms with Crippen LogP contribution in [0.5, 0.6) is 11.6 Å². The van der Waals surface area contributed by atoms with Gasteiger partial charge < -0.3 is 9.26 Å². The van der Waals surface area contributed by atoms with Crippen molar-refractivity contribution in [3.8, 4) is 23.1 Å². The van der Waals surface area contributed by atoms with Crippen molar-refractivity contribution in [2.45, 2.75) is 6.42 Å². The van der Waals surface area contributed by atoms with Crippen molar-refractivity contribution < 1.29 is 13.7 Å². The van der Waals surface area contributed by atoms with Crippen LogP contribution in [-0.4, -0.2) is 15.1 Å². The molecule has 124 valence electrons. The van der Waals surface area contributed by atoms with E-state index < -0.39 is 5.82 Å². The van der Waals surface area contributed by atoms with E-state index in [1.165, 1.54) is 10.9 Å². The van der Waals surface area contributed by atoms with Crippen molar-refractivity contribution >= 4 is 11.3 Å². The molecule has 5 nitrogen and oxygen atoms in total. The van der Waals surface area contributed by atoms with Crippen LogP contribution in [0.1, 0.15) is 10.7 Å². The second kappa shape index (κ2) is 6.82. The van der Waals surface area contributed by atoms with E-state index in [-0.39, 0.29) is 11.6 Å². The maximum absolute atomic E-state index is 13.6. The van der Waals surface area contributed by atoms with Gasteiger partial charge in [-0.15, -0.1) is 11.3 Å². The molecule has 0 saturated heterocycles. The van der Waals surface area contributed by atoms with Crippen molar-refractivity contribution in [3.63, 3.8) is 0 Å². The Morgan fingerprint density at radius 3 is 2.76 bits per heavy atom. The molecule has 0 fully saturated rings. The van der Waals surface area contributed by atoms with Crippen LogP contribution in [0.15, 0.2) is 64.6 Å². The van der Waals surface area contributed by atoms with Gasteiger partial charge in [-0.1, -0.05) is 23.4 Å². The van der Waals surface area contributed by atoms with Gasteiger partial charge in [-0.3, -0.25) is 0 Å². The Kier molecular flexibility index (Phi) is 4.22. The third-order valence-electron chi connectivity index (χ3n) is 3.42. The number of halogens is 1. The van der Waals surface area contributed by atoms with Gasteiger partial charge in [-0.2, -0.15) is 4.98 Å². The molecule has 0 aliphatic carbocycles. The minimum absolute atomic E-state index is 0.124. The number of pyridine rings is 1. The summed E-state index contributed by atoms with van der Waals surface area (Å²) in [4.78, 5) is 9.70. The summed E-state index contributed by atoms with van der Waals surface area (Å²) in [6, 6.07) is 13.5. The summed E-state index contributed by atoms with van der Waals surface area (Å²) in [5.74, 6) is 0.968. The summed E-state index contributed by atoms with van der Waals surface area (Å²) in [5.41, 5.74) is 0.672. The molecule has 0 amide bonds. The predicted octanol–water partition coefficient (Wildman–Crippen LogP) is 4.72. The number of rotatable bonds is 5. The molecule has 7 heteroatoms. The molecular formula is C18H12FN3O2S. The van der Waals surface area contributed by atoms with Gasteiger partial charge in [0.25, 0.3) is 5.89 Å². The summed E-state index contributed by atoms with van der Waals surface area (Å²) >= 11 is 1.65. The van der Waals surface area contributed by atoms with Crippen molar-refractivity contribution in [2.75, 3.05) is 0 Å². The molecule has 0 aliphatic rings. The highest BCUT2D eigenvalue weighted by Gasteiger charge is 2.11. The van der Waals surface area contributed by atoms with Gasteiger partial charge in [-0.05, 0) is 29.6 Å². The lowest BCUT2D eigenvalue weighted by atomic mass is 10.3. The average molecular weight is 353 g/mol. The molecule has 0 saturated carbocycles. The molecule has 3 heterocycles. The number of thiophene rings is 1. The maximum Gasteiger partial charge on any atom is 0.259 e. The first kappa shape index (κ1) is 15.5. The third-order valence-corrected chi connectivity index (χ3v) is 4.29. The van der Waals surface area contributed by atoms with Crippen LogP contribution >= 0.6 is 11.3 Å². The first-order valence-corrected chi connectivity index (χ1v) is 8.40. The molecule has 4 aromatic rings. The summed E-state index contributed by atoms with van der Waals surface area (Å²) < 4.78 is 24.3. The Bertz CT molecular complexity index is 968. The van der Waals surface area contributed by atoms with Gasteiger partial charge in [0.2, 0.25) is 5.88 Å². The predicted molar refractivity (Wildman–Crippen MR) is 91.1 cm³/mol. The van der Waals surface area contributed by atoms with E-state index in [9.17, 15) is 4.39 Å². The van der Waals surface area contributed by atoms with Gasteiger partial charge in [-0.25, -0.2) is 9.37 Å². The molecule has 4 rings (SSSR count). The molecule has 0 aliphatic heterocycles. The number of hydrogen-bond acceptors (Lipinski definition) is 6. The Morgan fingerprint density at radius 1 is 1.08 bits per heavy atom. The van der Waals surface area contributed by atoms with Gasteiger partial charge in [0, 0.05) is 23.6 Å². The van der Waals surface area contributed by atoms with Gasteiger partial charge in [0.15, 0.2) is 17.4 Å². The summed E-state index contributed by atoms with van der Waals surface area (Å²) in [5, 5.41) is 5.99. The van der Waals surface area contributed by atoms with Crippen molar-refractivity contribution in [2.24, 2.45) is 0 Å². The average Bonchev–Trinajstić information content (AvgIpc) is 3.30. The quantitative estimate of drug-likeness (QED) is 0.520. The second-order valence-corrected chi connectivity index (χ2v) is 6.22. The lowest BCUT2D eigenvalue weighted by Crippen LogP contribution is -1.91. The smallest absolute Gasteiger partial charge is 0.259 e. The first-order valence-electron chi connectivity index (χ1n) is 7.52. The normalized spacial score (nSPS) is 10.8. The van der Waals surface area contributed by atoms with Gasteiger partial charge in [0.1, 0.15) is 0 Å². The van der Waals surface area contributed by atoms with Crippen molar-refractivity contribution in [1.29, 1.82) is 0 Å². The Labute approximate surface area is 146 Å². The number of ether oxygens (including phenoxy) is 1.